The molecule has 4 rings (SSSR count). The first-order chi connectivity index (χ1) is 12.5. The number of H-pyrrole nitrogens is 1. The van der Waals surface area contributed by atoms with Crippen LogP contribution in [0, 0.1) is 17.5 Å². The quantitative estimate of drug-likeness (QED) is 0.552. The van der Waals surface area contributed by atoms with Crippen molar-refractivity contribution in [1.29, 1.82) is 0 Å². The maximum Gasteiger partial charge on any atom is 0.350 e. The van der Waals surface area contributed by atoms with Crippen molar-refractivity contribution in [3.63, 3.8) is 0 Å². The number of anilines is 2. The van der Waals surface area contributed by atoms with Crippen LogP contribution >= 0.6 is 0 Å². The van der Waals surface area contributed by atoms with Crippen LogP contribution in [-0.4, -0.2) is 19.6 Å². The van der Waals surface area contributed by atoms with Gasteiger partial charge in [0.2, 0.25) is 5.95 Å². The monoisotopic (exact) mass is 357 g/mol. The van der Waals surface area contributed by atoms with Gasteiger partial charge in [0.1, 0.15) is 5.82 Å². The van der Waals surface area contributed by atoms with Crippen LogP contribution in [0.5, 0.6) is 0 Å². The summed E-state index contributed by atoms with van der Waals surface area (Å²) in [6, 6.07) is 11.7. The Kier molecular flexibility index (Phi) is 3.68. The fourth-order valence-electron chi connectivity index (χ4n) is 2.51. The van der Waals surface area contributed by atoms with E-state index >= 15 is 0 Å². The number of fused-ring (bicyclic) bond motifs is 1. The molecule has 0 aliphatic carbocycles. The second kappa shape index (κ2) is 6.03. The van der Waals surface area contributed by atoms with Crippen LogP contribution in [0.15, 0.2) is 53.3 Å². The minimum atomic E-state index is -1.32. The summed E-state index contributed by atoms with van der Waals surface area (Å²) >= 11 is 0. The molecule has 26 heavy (non-hydrogen) atoms. The molecule has 2 aromatic carbocycles. The topological polar surface area (TPSA) is 75.1 Å². The maximum atomic E-state index is 14.0. The van der Waals surface area contributed by atoms with E-state index in [1.54, 1.807) is 30.3 Å². The first-order valence-electron chi connectivity index (χ1n) is 7.48. The van der Waals surface area contributed by atoms with Crippen molar-refractivity contribution in [3.05, 3.63) is 76.5 Å². The van der Waals surface area contributed by atoms with Crippen LogP contribution in [0.4, 0.5) is 24.8 Å². The van der Waals surface area contributed by atoms with Crippen LogP contribution in [0.1, 0.15) is 0 Å². The summed E-state index contributed by atoms with van der Waals surface area (Å²) in [4.78, 5) is 16.3. The molecular weight excluding hydrogens is 347 g/mol. The van der Waals surface area contributed by atoms with Crippen molar-refractivity contribution >= 4 is 17.3 Å². The van der Waals surface area contributed by atoms with Crippen LogP contribution in [0.3, 0.4) is 0 Å². The number of hydrogen-bond acceptors (Lipinski definition) is 4. The molecule has 0 fully saturated rings. The van der Waals surface area contributed by atoms with Crippen molar-refractivity contribution in [2.75, 3.05) is 5.32 Å². The number of benzene rings is 2. The lowest BCUT2D eigenvalue weighted by atomic mass is 10.1. The zero-order chi connectivity index (χ0) is 18.3. The van der Waals surface area contributed by atoms with Gasteiger partial charge in [-0.15, -0.1) is 0 Å². The zero-order valence-corrected chi connectivity index (χ0v) is 13.0. The summed E-state index contributed by atoms with van der Waals surface area (Å²) < 4.78 is 41.6. The van der Waals surface area contributed by atoms with Crippen molar-refractivity contribution in [2.24, 2.45) is 0 Å². The van der Waals surface area contributed by atoms with E-state index in [2.05, 4.69) is 20.5 Å². The molecule has 0 saturated heterocycles. The number of nitrogens with one attached hydrogen (secondary N) is 2. The lowest BCUT2D eigenvalue weighted by molar-refractivity contribution is 0.496. The Morgan fingerprint density at radius 1 is 0.962 bits per heavy atom. The number of nitrogens with zero attached hydrogens (tertiary/aromatic N) is 3. The molecule has 130 valence electrons. The normalized spacial score (nSPS) is 11.0. The highest BCUT2D eigenvalue weighted by Crippen LogP contribution is 2.24. The second-order valence-corrected chi connectivity index (χ2v) is 5.42. The Bertz CT molecular complexity index is 1170. The predicted molar refractivity (Wildman–Crippen MR) is 88.6 cm³/mol. The summed E-state index contributed by atoms with van der Waals surface area (Å²) in [5.74, 6) is -3.67. The van der Waals surface area contributed by atoms with Gasteiger partial charge in [0.25, 0.3) is 0 Å². The molecule has 0 atom stereocenters. The lowest BCUT2D eigenvalue weighted by Crippen LogP contribution is -2.15. The summed E-state index contributed by atoms with van der Waals surface area (Å²) in [5.41, 5.74) is 0.449. The van der Waals surface area contributed by atoms with Gasteiger partial charge in [-0.05, 0) is 0 Å². The molecule has 4 aromatic rings. The molecule has 0 spiro atoms. The molecule has 2 heterocycles. The summed E-state index contributed by atoms with van der Waals surface area (Å²) in [7, 11) is 0. The molecule has 0 amide bonds. The van der Waals surface area contributed by atoms with Gasteiger partial charge in [-0.25, -0.2) is 32.4 Å². The smallest absolute Gasteiger partial charge is 0.323 e. The van der Waals surface area contributed by atoms with E-state index in [1.807, 2.05) is 6.07 Å². The second-order valence-electron chi connectivity index (χ2n) is 5.42. The first kappa shape index (κ1) is 15.9. The molecule has 0 aliphatic heterocycles. The van der Waals surface area contributed by atoms with Gasteiger partial charge < -0.3 is 5.32 Å². The number of halogens is 3. The molecule has 2 N–H and O–H groups in total. The molecular formula is C17H10F3N5O. The van der Waals surface area contributed by atoms with Gasteiger partial charge in [0.15, 0.2) is 17.3 Å². The van der Waals surface area contributed by atoms with E-state index in [9.17, 15) is 18.0 Å². The molecule has 0 aliphatic rings. The molecule has 0 bridgehead atoms. The van der Waals surface area contributed by atoms with E-state index in [0.29, 0.717) is 17.8 Å². The average Bonchev–Trinajstić information content (AvgIpc) is 3.01. The van der Waals surface area contributed by atoms with Gasteiger partial charge >= 0.3 is 5.69 Å². The van der Waals surface area contributed by atoms with Gasteiger partial charge in [0.05, 0.1) is 11.4 Å². The van der Waals surface area contributed by atoms with Crippen LogP contribution in [0.2, 0.25) is 0 Å². The van der Waals surface area contributed by atoms with Crippen LogP contribution in [0.25, 0.3) is 16.9 Å². The Morgan fingerprint density at radius 2 is 1.69 bits per heavy atom. The summed E-state index contributed by atoms with van der Waals surface area (Å²) in [6.45, 7) is 0. The minimum Gasteiger partial charge on any atom is -0.323 e. The zero-order valence-electron chi connectivity index (χ0n) is 13.0. The Labute approximate surface area is 143 Å². The van der Waals surface area contributed by atoms with E-state index in [0.717, 1.165) is 9.96 Å². The number of rotatable bonds is 3. The Morgan fingerprint density at radius 3 is 2.46 bits per heavy atom. The first-order valence-corrected chi connectivity index (χ1v) is 7.48. The number of aromatic nitrogens is 4. The standard InChI is InChI=1S/C17H10F3N5O/c18-10-6-12(20)14(7-11(10)19)22-16-21-13(9-4-2-1-3-5-9)8-15-23-24-17(26)25(15)16/h1-8H,(H,21,22)(H,24,26). The largest absolute Gasteiger partial charge is 0.350 e. The van der Waals surface area contributed by atoms with E-state index < -0.39 is 23.1 Å². The summed E-state index contributed by atoms with van der Waals surface area (Å²) in [6.07, 6.45) is 0. The van der Waals surface area contributed by atoms with E-state index in [4.69, 9.17) is 0 Å². The SMILES string of the molecule is O=c1[nH]nc2cc(-c3ccccc3)nc(Nc3cc(F)c(F)cc3F)n12. The molecule has 0 unspecified atom stereocenters. The Hall–Kier alpha value is -3.62. The fraction of sp³-hybridized carbons (Fsp3) is 0. The van der Waals surface area contributed by atoms with Crippen molar-refractivity contribution < 1.29 is 13.2 Å². The van der Waals surface area contributed by atoms with Crippen molar-refractivity contribution in [3.8, 4) is 11.3 Å². The van der Waals surface area contributed by atoms with Gasteiger partial charge in [-0.3, -0.25) is 0 Å². The molecule has 2 aromatic heterocycles. The van der Waals surface area contributed by atoms with E-state index in [1.165, 1.54) is 0 Å². The number of aromatic amines is 1. The molecule has 6 nitrogen and oxygen atoms in total. The third-order valence-corrected chi connectivity index (χ3v) is 3.73. The van der Waals surface area contributed by atoms with Crippen LogP contribution in [-0.2, 0) is 0 Å². The molecule has 0 radical (unpaired) electrons. The van der Waals surface area contributed by atoms with Crippen LogP contribution < -0.4 is 11.0 Å². The summed E-state index contributed by atoms with van der Waals surface area (Å²) in [5, 5.41) is 8.68. The third kappa shape index (κ3) is 2.69. The van der Waals surface area contributed by atoms with Gasteiger partial charge in [-0.2, -0.15) is 5.10 Å². The average molecular weight is 357 g/mol. The fourth-order valence-corrected chi connectivity index (χ4v) is 2.51. The molecule has 9 heteroatoms. The predicted octanol–water partition coefficient (Wildman–Crippen LogP) is 3.25. The highest BCUT2D eigenvalue weighted by molar-refractivity contribution is 5.67. The lowest BCUT2D eigenvalue weighted by Gasteiger charge is -2.10. The van der Waals surface area contributed by atoms with Crippen molar-refractivity contribution in [1.82, 2.24) is 19.6 Å². The van der Waals surface area contributed by atoms with Gasteiger partial charge in [0, 0.05) is 23.8 Å². The maximum absolute atomic E-state index is 14.0. The highest BCUT2D eigenvalue weighted by atomic mass is 19.2. The minimum absolute atomic E-state index is 0.0926. The third-order valence-electron chi connectivity index (χ3n) is 3.73. The van der Waals surface area contributed by atoms with Gasteiger partial charge in [-0.1, -0.05) is 30.3 Å². The Balaban J connectivity index is 1.90. The highest BCUT2D eigenvalue weighted by Gasteiger charge is 2.15. The van der Waals surface area contributed by atoms with E-state index in [-0.39, 0.29) is 17.3 Å². The number of hydrogen-bond donors (Lipinski definition) is 2. The van der Waals surface area contributed by atoms with Crippen molar-refractivity contribution in [2.45, 2.75) is 0 Å². The molecule has 0 saturated carbocycles.